The Hall–Kier alpha value is -2.38. The number of nitrogens with one attached hydrogen (secondary N) is 1. The van der Waals surface area contributed by atoms with Gasteiger partial charge in [0.15, 0.2) is 5.76 Å². The van der Waals surface area contributed by atoms with E-state index in [1.165, 1.54) is 6.07 Å². The Morgan fingerprint density at radius 1 is 1.73 bits per heavy atom. The maximum absolute atomic E-state index is 11.3. The smallest absolute Gasteiger partial charge is 0.287 e. The van der Waals surface area contributed by atoms with Crippen LogP contribution in [0.3, 0.4) is 0 Å². The van der Waals surface area contributed by atoms with E-state index in [9.17, 15) is 4.79 Å². The lowest BCUT2D eigenvalue weighted by Crippen LogP contribution is -2.22. The third-order valence-corrected chi connectivity index (χ3v) is 1.53. The van der Waals surface area contributed by atoms with E-state index in [-0.39, 0.29) is 24.8 Å². The highest BCUT2D eigenvalue weighted by Crippen LogP contribution is 2.08. The number of furan rings is 1. The van der Waals surface area contributed by atoms with E-state index >= 15 is 0 Å². The molecule has 0 spiro atoms. The van der Waals surface area contributed by atoms with Gasteiger partial charge in [0.1, 0.15) is 5.76 Å². The van der Waals surface area contributed by atoms with Crippen molar-refractivity contribution < 1.29 is 9.21 Å². The minimum Gasteiger partial charge on any atom is -0.456 e. The number of nitrogens with zero attached hydrogens (tertiary/aromatic N) is 3. The van der Waals surface area contributed by atoms with Gasteiger partial charge >= 0.3 is 0 Å². The molecule has 0 fully saturated rings. The standard InChI is InChI=1S/C9H8N4O2/c1-2-5-11-9(14)8-4-3-7(15-8)6-12-13-10/h1,3-4H,5-6H2,(H,11,14). The average molecular weight is 204 g/mol. The van der Waals surface area contributed by atoms with E-state index in [1.807, 2.05) is 0 Å². The lowest BCUT2D eigenvalue weighted by molar-refractivity contribution is 0.0929. The molecule has 6 heteroatoms. The van der Waals surface area contributed by atoms with Crippen LogP contribution < -0.4 is 5.32 Å². The summed E-state index contributed by atoms with van der Waals surface area (Å²) in [7, 11) is 0. The van der Waals surface area contributed by atoms with Crippen LogP contribution in [-0.2, 0) is 6.54 Å². The minimum atomic E-state index is -0.389. The van der Waals surface area contributed by atoms with E-state index in [2.05, 4.69) is 21.3 Å². The summed E-state index contributed by atoms with van der Waals surface area (Å²) in [6, 6.07) is 3.06. The molecule has 1 rings (SSSR count). The van der Waals surface area contributed by atoms with Crippen LogP contribution in [0.1, 0.15) is 16.3 Å². The van der Waals surface area contributed by atoms with Crippen LogP contribution in [0, 0.1) is 12.3 Å². The van der Waals surface area contributed by atoms with Crippen molar-refractivity contribution in [1.82, 2.24) is 5.32 Å². The molecule has 0 saturated carbocycles. The fourth-order valence-corrected chi connectivity index (χ4v) is 0.905. The quantitative estimate of drug-likeness (QED) is 0.348. The molecule has 1 amide bonds. The summed E-state index contributed by atoms with van der Waals surface area (Å²) in [6.07, 6.45) is 4.98. The first kappa shape index (κ1) is 10.7. The first-order chi connectivity index (χ1) is 7.27. The molecule has 6 nitrogen and oxygen atoms in total. The molecule has 1 heterocycles. The number of azide groups is 1. The second-order valence-electron chi connectivity index (χ2n) is 2.54. The van der Waals surface area contributed by atoms with Crippen LogP contribution in [0.5, 0.6) is 0 Å². The molecule has 0 saturated heterocycles. The largest absolute Gasteiger partial charge is 0.456 e. The molecule has 15 heavy (non-hydrogen) atoms. The van der Waals surface area contributed by atoms with Gasteiger partial charge in [-0.25, -0.2) is 0 Å². The summed E-state index contributed by atoms with van der Waals surface area (Å²) >= 11 is 0. The Labute approximate surface area is 85.9 Å². The van der Waals surface area contributed by atoms with Gasteiger partial charge in [-0.1, -0.05) is 11.0 Å². The molecular formula is C9H8N4O2. The van der Waals surface area contributed by atoms with Crippen LogP contribution in [0.2, 0.25) is 0 Å². The molecule has 0 bridgehead atoms. The molecule has 1 aromatic heterocycles. The molecule has 0 aliphatic rings. The summed E-state index contributed by atoms with van der Waals surface area (Å²) in [5.41, 5.74) is 8.07. The number of hydrogen-bond acceptors (Lipinski definition) is 3. The van der Waals surface area contributed by atoms with Crippen LogP contribution in [0.4, 0.5) is 0 Å². The SMILES string of the molecule is C#CCNC(=O)c1ccc(CN=[N+]=[N-])o1. The number of amides is 1. The van der Waals surface area contributed by atoms with Crippen molar-refractivity contribution in [3.05, 3.63) is 34.1 Å². The Morgan fingerprint density at radius 3 is 3.20 bits per heavy atom. The number of carbonyl (C=O) groups is 1. The van der Waals surface area contributed by atoms with Crippen molar-refractivity contribution in [2.45, 2.75) is 6.54 Å². The van der Waals surface area contributed by atoms with Gasteiger partial charge in [0.2, 0.25) is 0 Å². The minimum absolute atomic E-state index is 0.0823. The van der Waals surface area contributed by atoms with Crippen molar-refractivity contribution in [3.8, 4) is 12.3 Å². The Bertz CT molecular complexity index is 437. The van der Waals surface area contributed by atoms with E-state index in [0.717, 1.165) is 0 Å². The predicted molar refractivity (Wildman–Crippen MR) is 52.7 cm³/mol. The van der Waals surface area contributed by atoms with E-state index in [4.69, 9.17) is 16.4 Å². The van der Waals surface area contributed by atoms with Crippen LogP contribution in [-0.4, -0.2) is 12.5 Å². The van der Waals surface area contributed by atoms with E-state index in [1.54, 1.807) is 6.07 Å². The zero-order chi connectivity index (χ0) is 11.1. The van der Waals surface area contributed by atoms with Gasteiger partial charge in [0, 0.05) is 4.91 Å². The van der Waals surface area contributed by atoms with Gasteiger partial charge in [0.05, 0.1) is 13.1 Å². The van der Waals surface area contributed by atoms with Crippen molar-refractivity contribution >= 4 is 5.91 Å². The Morgan fingerprint density at radius 2 is 2.53 bits per heavy atom. The van der Waals surface area contributed by atoms with Gasteiger partial charge in [-0.05, 0) is 17.7 Å². The first-order valence-corrected chi connectivity index (χ1v) is 4.09. The summed E-state index contributed by atoms with van der Waals surface area (Å²) in [5.74, 6) is 2.46. The van der Waals surface area contributed by atoms with E-state index < -0.39 is 0 Å². The maximum atomic E-state index is 11.3. The van der Waals surface area contributed by atoms with Crippen LogP contribution in [0.15, 0.2) is 21.7 Å². The summed E-state index contributed by atoms with van der Waals surface area (Å²) in [5, 5.41) is 5.75. The molecule has 1 aromatic rings. The van der Waals surface area contributed by atoms with Gasteiger partial charge in [-0.3, -0.25) is 4.79 Å². The summed E-state index contributed by atoms with van der Waals surface area (Å²) in [6.45, 7) is 0.226. The molecule has 0 radical (unpaired) electrons. The highest BCUT2D eigenvalue weighted by molar-refractivity contribution is 5.91. The van der Waals surface area contributed by atoms with Crippen molar-refractivity contribution in [2.75, 3.05) is 6.54 Å². The van der Waals surface area contributed by atoms with Gasteiger partial charge in [-0.2, -0.15) is 0 Å². The molecule has 1 N–H and O–H groups in total. The second-order valence-corrected chi connectivity index (χ2v) is 2.54. The number of rotatable bonds is 4. The maximum Gasteiger partial charge on any atom is 0.287 e. The lowest BCUT2D eigenvalue weighted by atomic mass is 10.4. The molecule has 0 aliphatic heterocycles. The van der Waals surface area contributed by atoms with Gasteiger partial charge in [-0.15, -0.1) is 6.42 Å². The van der Waals surface area contributed by atoms with E-state index in [0.29, 0.717) is 5.76 Å². The monoisotopic (exact) mass is 204 g/mol. The average Bonchev–Trinajstić information content (AvgIpc) is 2.71. The highest BCUT2D eigenvalue weighted by Gasteiger charge is 2.09. The third-order valence-electron chi connectivity index (χ3n) is 1.53. The Balaban J connectivity index is 2.63. The number of terminal acetylenes is 1. The number of carbonyl (C=O) groups excluding carboxylic acids is 1. The first-order valence-electron chi connectivity index (χ1n) is 4.09. The van der Waals surface area contributed by atoms with Crippen molar-refractivity contribution in [2.24, 2.45) is 5.11 Å². The summed E-state index contributed by atoms with van der Waals surface area (Å²) < 4.78 is 5.10. The summed E-state index contributed by atoms with van der Waals surface area (Å²) in [4.78, 5) is 13.9. The molecule has 0 unspecified atom stereocenters. The highest BCUT2D eigenvalue weighted by atomic mass is 16.4. The fraction of sp³-hybridized carbons (Fsp3) is 0.222. The van der Waals surface area contributed by atoms with Gasteiger partial charge in [0.25, 0.3) is 5.91 Å². The molecule has 76 valence electrons. The molecule has 0 aromatic carbocycles. The zero-order valence-electron chi connectivity index (χ0n) is 7.80. The third kappa shape index (κ3) is 3.10. The topological polar surface area (TPSA) is 91.0 Å². The van der Waals surface area contributed by atoms with Crippen molar-refractivity contribution in [1.29, 1.82) is 0 Å². The molecule has 0 atom stereocenters. The molecular weight excluding hydrogens is 196 g/mol. The molecule has 0 aliphatic carbocycles. The van der Waals surface area contributed by atoms with Crippen LogP contribution >= 0.6 is 0 Å². The van der Waals surface area contributed by atoms with Gasteiger partial charge < -0.3 is 9.73 Å². The lowest BCUT2D eigenvalue weighted by Gasteiger charge is -1.96. The Kier molecular flexibility index (Phi) is 3.83. The van der Waals surface area contributed by atoms with Crippen molar-refractivity contribution in [3.63, 3.8) is 0 Å². The predicted octanol–water partition coefficient (Wildman–Crippen LogP) is 1.45. The van der Waals surface area contributed by atoms with Crippen LogP contribution in [0.25, 0.3) is 10.4 Å². The fourth-order valence-electron chi connectivity index (χ4n) is 0.905. The number of hydrogen-bond donors (Lipinski definition) is 1. The normalized spacial score (nSPS) is 8.73. The second kappa shape index (κ2) is 5.37. The zero-order valence-corrected chi connectivity index (χ0v) is 7.80.